The van der Waals surface area contributed by atoms with Crippen molar-refractivity contribution in [2.45, 2.75) is 63.7 Å². The van der Waals surface area contributed by atoms with E-state index in [0.717, 1.165) is 29.7 Å². The van der Waals surface area contributed by atoms with Crippen molar-refractivity contribution in [1.82, 2.24) is 10.2 Å². The summed E-state index contributed by atoms with van der Waals surface area (Å²) in [4.78, 5) is 2.11. The highest BCUT2D eigenvalue weighted by atomic mass is 16.5. The van der Waals surface area contributed by atoms with Crippen LogP contribution in [0.4, 0.5) is 0 Å². The first-order valence-corrected chi connectivity index (χ1v) is 18.5. The molecule has 5 unspecified atom stereocenters. The molecule has 5 aromatic rings. The van der Waals surface area contributed by atoms with Gasteiger partial charge in [-0.15, -0.1) is 0 Å². The van der Waals surface area contributed by atoms with Gasteiger partial charge in [-0.25, -0.2) is 0 Å². The highest BCUT2D eigenvalue weighted by Gasteiger charge is 2.22. The van der Waals surface area contributed by atoms with E-state index >= 15 is 0 Å². The van der Waals surface area contributed by atoms with Crippen molar-refractivity contribution in [3.63, 3.8) is 0 Å². The number of aliphatic hydroxyl groups excluding tert-OH is 3. The Balaban J connectivity index is 1.08. The van der Waals surface area contributed by atoms with Crippen LogP contribution in [0.3, 0.4) is 0 Å². The van der Waals surface area contributed by atoms with E-state index < -0.39 is 18.3 Å². The largest absolute Gasteiger partial charge is 0.491 e. The molecule has 0 saturated carbocycles. The fraction of sp³-hybridized carbons (Fsp3) is 0.333. The summed E-state index contributed by atoms with van der Waals surface area (Å²) in [5, 5.41) is 36.2. The highest BCUT2D eigenvalue weighted by molar-refractivity contribution is 5.29. The zero-order valence-electron chi connectivity index (χ0n) is 30.8. The number of nitrogens with one attached hydrogen (secondary N) is 1. The SMILES string of the molecule is CC(Cc1ccc(CC(C)N(CC(O)COc2ccccc2)CC(O)COc2ccccc2)cc1)NCC(O)c1ccc(OCc2ccccc2)cc1. The maximum atomic E-state index is 10.9. The number of rotatable bonds is 22. The van der Waals surface area contributed by atoms with Crippen LogP contribution in [-0.4, -0.2) is 77.4 Å². The van der Waals surface area contributed by atoms with E-state index in [-0.39, 0.29) is 25.3 Å². The van der Waals surface area contributed by atoms with Gasteiger partial charge in [0, 0.05) is 31.7 Å². The zero-order valence-corrected chi connectivity index (χ0v) is 30.8. The predicted octanol–water partition coefficient (Wildman–Crippen LogP) is 6.63. The second-order valence-corrected chi connectivity index (χ2v) is 13.8. The first-order chi connectivity index (χ1) is 25.8. The lowest BCUT2D eigenvalue weighted by molar-refractivity contribution is 0.0167. The lowest BCUT2D eigenvalue weighted by Crippen LogP contribution is -2.46. The summed E-state index contributed by atoms with van der Waals surface area (Å²) in [7, 11) is 0. The Kier molecular flexibility index (Phi) is 15.7. The minimum atomic E-state index is -0.743. The molecule has 4 N–H and O–H groups in total. The standard InChI is InChI=1S/C45H54N2O6/c1-34(46-28-45(50)39-22-24-44(25-23-39)51-31-38-12-6-3-7-13-38)26-36-18-20-37(21-19-36)27-35(2)47(29-40(48)32-52-42-14-8-4-9-15-42)30-41(49)33-53-43-16-10-5-11-17-43/h3-25,34-35,40-41,45-46,48-50H,26-33H2,1-2H3. The highest BCUT2D eigenvalue weighted by Crippen LogP contribution is 2.20. The molecule has 280 valence electrons. The van der Waals surface area contributed by atoms with Gasteiger partial charge < -0.3 is 34.8 Å². The molecule has 0 radical (unpaired) electrons. The molecular weight excluding hydrogens is 665 g/mol. The maximum Gasteiger partial charge on any atom is 0.119 e. The molecule has 5 atom stereocenters. The summed E-state index contributed by atoms with van der Waals surface area (Å²) in [6, 6.07) is 45.4. The summed E-state index contributed by atoms with van der Waals surface area (Å²) in [6.45, 7) is 6.18. The Morgan fingerprint density at radius 1 is 0.528 bits per heavy atom. The van der Waals surface area contributed by atoms with Crippen molar-refractivity contribution in [3.8, 4) is 17.2 Å². The summed E-state index contributed by atoms with van der Waals surface area (Å²) in [5.74, 6) is 2.19. The fourth-order valence-electron chi connectivity index (χ4n) is 6.16. The van der Waals surface area contributed by atoms with E-state index in [1.165, 1.54) is 11.1 Å². The molecule has 0 heterocycles. The molecule has 0 aliphatic heterocycles. The van der Waals surface area contributed by atoms with Gasteiger partial charge in [0.1, 0.15) is 49.3 Å². The second kappa shape index (κ2) is 21.1. The molecule has 0 aliphatic carbocycles. The van der Waals surface area contributed by atoms with E-state index in [9.17, 15) is 15.3 Å². The Hall–Kier alpha value is -4.70. The van der Waals surface area contributed by atoms with Gasteiger partial charge in [0.2, 0.25) is 0 Å². The molecule has 8 heteroatoms. The van der Waals surface area contributed by atoms with Gasteiger partial charge in [-0.2, -0.15) is 0 Å². The van der Waals surface area contributed by atoms with Crippen molar-refractivity contribution in [1.29, 1.82) is 0 Å². The molecule has 5 aromatic carbocycles. The van der Waals surface area contributed by atoms with Gasteiger partial charge in [0.15, 0.2) is 0 Å². The van der Waals surface area contributed by atoms with Gasteiger partial charge in [-0.05, 0) is 85.3 Å². The van der Waals surface area contributed by atoms with Gasteiger partial charge >= 0.3 is 0 Å². The van der Waals surface area contributed by atoms with Crippen LogP contribution >= 0.6 is 0 Å². The van der Waals surface area contributed by atoms with Crippen LogP contribution in [-0.2, 0) is 19.4 Å². The zero-order chi connectivity index (χ0) is 37.3. The third kappa shape index (κ3) is 14.0. The predicted molar refractivity (Wildman–Crippen MR) is 210 cm³/mol. The number of ether oxygens (including phenoxy) is 3. The number of hydrogen-bond donors (Lipinski definition) is 4. The Bertz CT molecular complexity index is 1660. The van der Waals surface area contributed by atoms with Gasteiger partial charge in [-0.1, -0.05) is 103 Å². The molecule has 5 rings (SSSR count). The molecule has 0 aliphatic rings. The van der Waals surface area contributed by atoms with Crippen LogP contribution in [0.1, 0.15) is 42.2 Å². The molecule has 0 saturated heterocycles. The summed E-state index contributed by atoms with van der Waals surface area (Å²) < 4.78 is 17.5. The second-order valence-electron chi connectivity index (χ2n) is 13.8. The average molecular weight is 719 g/mol. The lowest BCUT2D eigenvalue weighted by Gasteiger charge is -2.32. The van der Waals surface area contributed by atoms with Crippen molar-refractivity contribution < 1.29 is 29.5 Å². The van der Waals surface area contributed by atoms with Crippen molar-refractivity contribution in [2.75, 3.05) is 32.8 Å². The van der Waals surface area contributed by atoms with Gasteiger partial charge in [0.05, 0.1) is 6.10 Å². The van der Waals surface area contributed by atoms with Gasteiger partial charge in [0.25, 0.3) is 0 Å². The Morgan fingerprint density at radius 2 is 1.00 bits per heavy atom. The van der Waals surface area contributed by atoms with E-state index in [0.29, 0.717) is 37.7 Å². The third-order valence-corrected chi connectivity index (χ3v) is 9.15. The van der Waals surface area contributed by atoms with Crippen LogP contribution in [0.25, 0.3) is 0 Å². The number of aliphatic hydroxyl groups is 3. The number of benzene rings is 5. The van der Waals surface area contributed by atoms with E-state index in [1.807, 2.05) is 115 Å². The summed E-state index contributed by atoms with van der Waals surface area (Å²) in [5.41, 5.74) is 4.33. The lowest BCUT2D eigenvalue weighted by atomic mass is 10.0. The van der Waals surface area contributed by atoms with Crippen molar-refractivity contribution in [3.05, 3.63) is 162 Å². The minimum Gasteiger partial charge on any atom is -0.491 e. The number of para-hydroxylation sites is 2. The van der Waals surface area contributed by atoms with Crippen molar-refractivity contribution >= 4 is 0 Å². The molecule has 0 bridgehead atoms. The Morgan fingerprint density at radius 3 is 1.53 bits per heavy atom. The fourth-order valence-corrected chi connectivity index (χ4v) is 6.16. The van der Waals surface area contributed by atoms with Crippen LogP contribution in [0.15, 0.2) is 140 Å². The normalized spacial score (nSPS) is 14.2. The molecule has 0 fully saturated rings. The molecule has 0 aromatic heterocycles. The first-order valence-electron chi connectivity index (χ1n) is 18.5. The molecule has 0 amide bonds. The molecule has 0 spiro atoms. The van der Waals surface area contributed by atoms with Crippen LogP contribution in [0.5, 0.6) is 17.2 Å². The quantitative estimate of drug-likeness (QED) is 0.0633. The van der Waals surface area contributed by atoms with Crippen LogP contribution in [0.2, 0.25) is 0 Å². The number of nitrogens with zero attached hydrogens (tertiary/aromatic N) is 1. The third-order valence-electron chi connectivity index (χ3n) is 9.15. The van der Waals surface area contributed by atoms with Gasteiger partial charge in [-0.3, -0.25) is 4.90 Å². The molecule has 53 heavy (non-hydrogen) atoms. The topological polar surface area (TPSA) is 104 Å². The van der Waals surface area contributed by atoms with E-state index in [4.69, 9.17) is 14.2 Å². The summed E-state index contributed by atoms with van der Waals surface area (Å²) >= 11 is 0. The first kappa shape index (κ1) is 39.5. The maximum absolute atomic E-state index is 10.9. The monoisotopic (exact) mass is 718 g/mol. The van der Waals surface area contributed by atoms with Crippen LogP contribution < -0.4 is 19.5 Å². The van der Waals surface area contributed by atoms with E-state index in [2.05, 4.69) is 48.3 Å². The minimum absolute atomic E-state index is 0.0326. The smallest absolute Gasteiger partial charge is 0.119 e. The number of hydrogen-bond acceptors (Lipinski definition) is 8. The van der Waals surface area contributed by atoms with Crippen LogP contribution in [0, 0.1) is 0 Å². The Labute approximate surface area is 314 Å². The van der Waals surface area contributed by atoms with E-state index in [1.54, 1.807) is 0 Å². The molecule has 8 nitrogen and oxygen atoms in total. The summed E-state index contributed by atoms with van der Waals surface area (Å²) in [6.07, 6.45) is -0.544. The van der Waals surface area contributed by atoms with Crippen molar-refractivity contribution in [2.24, 2.45) is 0 Å². The average Bonchev–Trinajstić information content (AvgIpc) is 3.19. The molecular formula is C45H54N2O6.